The zero-order valence-electron chi connectivity index (χ0n) is 9.37. The minimum atomic E-state index is -0.138. The molecule has 0 aromatic carbocycles. The van der Waals surface area contributed by atoms with Crippen molar-refractivity contribution >= 4 is 29.0 Å². The molecule has 0 radical (unpaired) electrons. The Labute approximate surface area is 109 Å². The minimum Gasteiger partial charge on any atom is -0.381 e. The van der Waals surface area contributed by atoms with Gasteiger partial charge in [-0.3, -0.25) is 0 Å². The molecule has 17 heavy (non-hydrogen) atoms. The number of halogens is 1. The van der Waals surface area contributed by atoms with Gasteiger partial charge in [-0.1, -0.05) is 11.6 Å². The summed E-state index contributed by atoms with van der Waals surface area (Å²) in [5.74, 6) is 0.455. The Morgan fingerprint density at radius 2 is 2.41 bits per heavy atom. The van der Waals surface area contributed by atoms with Gasteiger partial charge in [0, 0.05) is 23.9 Å². The third-order valence-electron chi connectivity index (χ3n) is 2.63. The Kier molecular flexibility index (Phi) is 4.65. The van der Waals surface area contributed by atoms with E-state index in [1.54, 1.807) is 0 Å². The summed E-state index contributed by atoms with van der Waals surface area (Å²) in [5.41, 5.74) is 0. The summed E-state index contributed by atoms with van der Waals surface area (Å²) in [5, 5.41) is 5.64. The van der Waals surface area contributed by atoms with Crippen LogP contribution in [0.4, 0.5) is 4.79 Å². The standard InChI is InChI=1S/C11H15ClN2O2S/c12-10-2-1-9(17-10)6-14-11(15)13-5-8-3-4-16-7-8/h1-2,8H,3-7H2,(H2,13,14,15). The SMILES string of the molecule is O=C(NCc1ccc(Cl)s1)NCC1CCOC1. The van der Waals surface area contributed by atoms with Crippen molar-refractivity contribution in [1.29, 1.82) is 0 Å². The molecule has 0 spiro atoms. The molecule has 0 saturated carbocycles. The number of ether oxygens (including phenoxy) is 1. The fourth-order valence-electron chi connectivity index (χ4n) is 1.66. The van der Waals surface area contributed by atoms with Gasteiger partial charge in [0.15, 0.2) is 0 Å². The number of nitrogens with one attached hydrogen (secondary N) is 2. The summed E-state index contributed by atoms with van der Waals surface area (Å²) in [4.78, 5) is 12.5. The highest BCUT2D eigenvalue weighted by atomic mass is 35.5. The summed E-state index contributed by atoms with van der Waals surface area (Å²) < 4.78 is 5.98. The second kappa shape index (κ2) is 6.23. The van der Waals surface area contributed by atoms with E-state index in [9.17, 15) is 4.79 Å². The molecule has 1 fully saturated rings. The Balaban J connectivity index is 1.63. The quantitative estimate of drug-likeness (QED) is 0.885. The van der Waals surface area contributed by atoms with Crippen molar-refractivity contribution in [1.82, 2.24) is 10.6 Å². The van der Waals surface area contributed by atoms with Gasteiger partial charge in [-0.05, 0) is 18.6 Å². The predicted molar refractivity (Wildman–Crippen MR) is 68.5 cm³/mol. The molecule has 1 aromatic heterocycles. The predicted octanol–water partition coefficient (Wildman–Crippen LogP) is 2.24. The average molecular weight is 275 g/mol. The van der Waals surface area contributed by atoms with Crippen LogP contribution in [0, 0.1) is 5.92 Å². The maximum absolute atomic E-state index is 11.5. The zero-order chi connectivity index (χ0) is 12.1. The van der Waals surface area contributed by atoms with E-state index in [4.69, 9.17) is 16.3 Å². The van der Waals surface area contributed by atoms with Crippen LogP contribution in [0.5, 0.6) is 0 Å². The van der Waals surface area contributed by atoms with E-state index in [1.165, 1.54) is 11.3 Å². The zero-order valence-corrected chi connectivity index (χ0v) is 10.9. The van der Waals surface area contributed by atoms with Gasteiger partial charge in [-0.25, -0.2) is 4.79 Å². The molecule has 4 nitrogen and oxygen atoms in total. The molecule has 1 aromatic rings. The van der Waals surface area contributed by atoms with Crippen molar-refractivity contribution in [2.45, 2.75) is 13.0 Å². The average Bonchev–Trinajstić information content (AvgIpc) is 2.95. The normalized spacial score (nSPS) is 19.2. The van der Waals surface area contributed by atoms with Crippen molar-refractivity contribution in [2.75, 3.05) is 19.8 Å². The van der Waals surface area contributed by atoms with Gasteiger partial charge >= 0.3 is 6.03 Å². The molecular weight excluding hydrogens is 260 g/mol. The fraction of sp³-hybridized carbons (Fsp3) is 0.545. The van der Waals surface area contributed by atoms with E-state index >= 15 is 0 Å². The van der Waals surface area contributed by atoms with Crippen LogP contribution in [0.15, 0.2) is 12.1 Å². The first kappa shape index (κ1) is 12.7. The van der Waals surface area contributed by atoms with Gasteiger partial charge in [0.2, 0.25) is 0 Å². The first-order valence-corrected chi connectivity index (χ1v) is 6.77. The smallest absolute Gasteiger partial charge is 0.315 e. The number of amides is 2. The molecule has 1 saturated heterocycles. The highest BCUT2D eigenvalue weighted by Crippen LogP contribution is 2.20. The van der Waals surface area contributed by atoms with Crippen LogP contribution >= 0.6 is 22.9 Å². The molecule has 1 atom stereocenters. The van der Waals surface area contributed by atoms with Gasteiger partial charge in [0.25, 0.3) is 0 Å². The second-order valence-electron chi connectivity index (χ2n) is 4.00. The third kappa shape index (κ3) is 4.18. The van der Waals surface area contributed by atoms with E-state index in [2.05, 4.69) is 10.6 Å². The molecule has 1 aliphatic rings. The largest absolute Gasteiger partial charge is 0.381 e. The lowest BCUT2D eigenvalue weighted by molar-refractivity contribution is 0.185. The van der Waals surface area contributed by atoms with Crippen molar-refractivity contribution in [3.8, 4) is 0 Å². The number of hydrogen-bond acceptors (Lipinski definition) is 3. The molecule has 2 heterocycles. The molecule has 0 aliphatic carbocycles. The molecular formula is C11H15ClN2O2S. The molecule has 6 heteroatoms. The summed E-state index contributed by atoms with van der Waals surface area (Å²) in [7, 11) is 0. The molecule has 2 amide bonds. The second-order valence-corrected chi connectivity index (χ2v) is 5.80. The van der Waals surface area contributed by atoms with Crippen LogP contribution in [0.1, 0.15) is 11.3 Å². The lowest BCUT2D eigenvalue weighted by atomic mass is 10.1. The minimum absolute atomic E-state index is 0.138. The van der Waals surface area contributed by atoms with E-state index < -0.39 is 0 Å². The Bertz CT molecular complexity index is 377. The molecule has 1 unspecified atom stereocenters. The van der Waals surface area contributed by atoms with Gasteiger partial charge in [-0.15, -0.1) is 11.3 Å². The lowest BCUT2D eigenvalue weighted by Crippen LogP contribution is -2.37. The maximum atomic E-state index is 11.5. The van der Waals surface area contributed by atoms with Crippen LogP contribution in [0.3, 0.4) is 0 Å². The van der Waals surface area contributed by atoms with Crippen molar-refractivity contribution in [3.05, 3.63) is 21.3 Å². The topological polar surface area (TPSA) is 50.4 Å². The maximum Gasteiger partial charge on any atom is 0.315 e. The summed E-state index contributed by atoms with van der Waals surface area (Å²) >= 11 is 7.28. The van der Waals surface area contributed by atoms with Crippen molar-refractivity contribution in [2.24, 2.45) is 5.92 Å². The molecule has 2 N–H and O–H groups in total. The first-order chi connectivity index (χ1) is 8.24. The Morgan fingerprint density at radius 3 is 3.06 bits per heavy atom. The van der Waals surface area contributed by atoms with E-state index in [-0.39, 0.29) is 6.03 Å². The summed E-state index contributed by atoms with van der Waals surface area (Å²) in [6.07, 6.45) is 1.03. The number of rotatable bonds is 4. The lowest BCUT2D eigenvalue weighted by Gasteiger charge is -2.10. The summed E-state index contributed by atoms with van der Waals surface area (Å²) in [6.45, 7) is 2.75. The highest BCUT2D eigenvalue weighted by molar-refractivity contribution is 7.16. The Hall–Kier alpha value is -0.780. The van der Waals surface area contributed by atoms with Gasteiger partial charge in [-0.2, -0.15) is 0 Å². The van der Waals surface area contributed by atoms with E-state index in [0.29, 0.717) is 19.0 Å². The Morgan fingerprint density at radius 1 is 1.53 bits per heavy atom. The van der Waals surface area contributed by atoms with Crippen LogP contribution < -0.4 is 10.6 Å². The van der Waals surface area contributed by atoms with Gasteiger partial charge < -0.3 is 15.4 Å². The van der Waals surface area contributed by atoms with Gasteiger partial charge in [0.05, 0.1) is 17.5 Å². The number of thiophene rings is 1. The van der Waals surface area contributed by atoms with Gasteiger partial charge in [0.1, 0.15) is 0 Å². The van der Waals surface area contributed by atoms with Crippen molar-refractivity contribution < 1.29 is 9.53 Å². The summed E-state index contributed by atoms with van der Waals surface area (Å²) in [6, 6.07) is 3.61. The van der Waals surface area contributed by atoms with Crippen molar-refractivity contribution in [3.63, 3.8) is 0 Å². The van der Waals surface area contributed by atoms with Crippen LogP contribution in [-0.2, 0) is 11.3 Å². The van der Waals surface area contributed by atoms with Crippen LogP contribution in [0.2, 0.25) is 4.34 Å². The van der Waals surface area contributed by atoms with Crippen LogP contribution in [0.25, 0.3) is 0 Å². The molecule has 2 rings (SSSR count). The van der Waals surface area contributed by atoms with E-state index in [0.717, 1.165) is 28.8 Å². The highest BCUT2D eigenvalue weighted by Gasteiger charge is 2.16. The molecule has 94 valence electrons. The molecule has 1 aliphatic heterocycles. The third-order valence-corrected chi connectivity index (χ3v) is 3.86. The fourth-order valence-corrected chi connectivity index (χ4v) is 2.69. The number of hydrogen-bond donors (Lipinski definition) is 2. The number of carbonyl (C=O) groups excluding carboxylic acids is 1. The number of carbonyl (C=O) groups is 1. The first-order valence-electron chi connectivity index (χ1n) is 5.57. The van der Waals surface area contributed by atoms with Crippen LogP contribution in [-0.4, -0.2) is 25.8 Å². The monoisotopic (exact) mass is 274 g/mol. The molecule has 0 bridgehead atoms. The van der Waals surface area contributed by atoms with E-state index in [1.807, 2.05) is 12.1 Å². The number of urea groups is 1.